The maximum absolute atomic E-state index is 14.8. The fourth-order valence-corrected chi connectivity index (χ4v) is 8.62. The minimum atomic E-state index is -1.41. The van der Waals surface area contributed by atoms with Gasteiger partial charge in [0.05, 0.1) is 0 Å². The van der Waals surface area contributed by atoms with Crippen LogP contribution in [-0.4, -0.2) is 160 Å². The molecule has 0 bridgehead atoms. The van der Waals surface area contributed by atoms with Crippen molar-refractivity contribution in [2.24, 2.45) is 29.6 Å². The first-order valence-electron chi connectivity index (χ1n) is 26.6. The first-order valence-corrected chi connectivity index (χ1v) is 26.6. The molecule has 10 amide bonds. The van der Waals surface area contributed by atoms with Crippen LogP contribution in [0.15, 0.2) is 12.2 Å². The molecule has 0 saturated carbocycles. The van der Waals surface area contributed by atoms with Gasteiger partial charge in [0.15, 0.2) is 0 Å². The quantitative estimate of drug-likeness (QED) is 0.0594. The maximum Gasteiger partial charge on any atom is 0.408 e. The van der Waals surface area contributed by atoms with Gasteiger partial charge in [-0.25, -0.2) is 4.79 Å². The van der Waals surface area contributed by atoms with E-state index in [2.05, 4.69) is 42.5 Å². The third kappa shape index (κ3) is 21.7. The molecule has 1 rings (SSSR count). The number of alkyl carbamates (subject to hydrolysis) is 1. The summed E-state index contributed by atoms with van der Waals surface area (Å²) in [6, 6.07) is -11.9. The van der Waals surface area contributed by atoms with Crippen LogP contribution >= 0.6 is 0 Å². The molecule has 1 fully saturated rings. The second-order valence-electron chi connectivity index (χ2n) is 22.5. The van der Waals surface area contributed by atoms with Crippen molar-refractivity contribution >= 4 is 65.2 Å². The van der Waals surface area contributed by atoms with Gasteiger partial charge in [-0.1, -0.05) is 81.4 Å². The van der Waals surface area contributed by atoms with Gasteiger partial charge in [0.2, 0.25) is 53.2 Å². The van der Waals surface area contributed by atoms with E-state index in [1.165, 1.54) is 30.7 Å². The van der Waals surface area contributed by atoms with Crippen LogP contribution in [0.5, 0.6) is 0 Å². The number of rotatable bonds is 25. The normalized spacial score (nSPS) is 20.3. The average molecular weight is 1080 g/mol. The van der Waals surface area contributed by atoms with Gasteiger partial charge in [-0.05, 0) is 110 Å². The first kappa shape index (κ1) is 67.7. The molecule has 23 nitrogen and oxygen atoms in total. The predicted molar refractivity (Wildman–Crippen MR) is 285 cm³/mol. The van der Waals surface area contributed by atoms with E-state index in [-0.39, 0.29) is 37.5 Å². The zero-order valence-corrected chi connectivity index (χ0v) is 48.3. The van der Waals surface area contributed by atoms with E-state index < -0.39 is 156 Å². The summed E-state index contributed by atoms with van der Waals surface area (Å²) in [7, 11) is 1.43. The van der Waals surface area contributed by atoms with Crippen molar-refractivity contribution in [1.29, 1.82) is 0 Å². The standard InChI is InChI=1S/C53H92N10O13/c1-19-21-22-31(11)42(49(72)56-35(20-2)43(66)54-26-39(64)65)60-48(71)40(29(7)8)59-45(68)37-25-32(12)63(34(14)51(74)62(18)38(24-28(5)6)46(69)57-37)50(73)33(13)55-44(67)36(23-27(3)4)58-47(70)41(30(9)10)61-52(75)76-53(15,16)17/h19,21,27-38,40-42H,20,22-26H2,1-18H3,(H,54,66)(H,55,67)(H,56,72)(H,57,69)(H,58,70)(H,59,68)(H,60,71)(H,61,75)(H,64,65). The Labute approximate surface area is 450 Å². The number of carbonyl (C=O) groups excluding carboxylic acids is 10. The summed E-state index contributed by atoms with van der Waals surface area (Å²) in [6.45, 7) is 28.1. The number of aliphatic carboxylic acids is 1. The molecular weight excluding hydrogens is 985 g/mol. The molecule has 9 N–H and O–H groups in total. The molecule has 0 aromatic heterocycles. The molecule has 1 aliphatic heterocycles. The summed E-state index contributed by atoms with van der Waals surface area (Å²) < 4.78 is 5.36. The van der Waals surface area contributed by atoms with Gasteiger partial charge in [0.25, 0.3) is 0 Å². The van der Waals surface area contributed by atoms with Crippen molar-refractivity contribution < 1.29 is 62.6 Å². The molecule has 0 spiro atoms. The van der Waals surface area contributed by atoms with Crippen LogP contribution in [0.25, 0.3) is 0 Å². The molecule has 76 heavy (non-hydrogen) atoms. The van der Waals surface area contributed by atoms with Crippen LogP contribution in [-0.2, 0) is 52.7 Å². The van der Waals surface area contributed by atoms with Crippen LogP contribution in [0.3, 0.4) is 0 Å². The number of carboxylic acid groups (broad SMARTS) is 1. The lowest BCUT2D eigenvalue weighted by molar-refractivity contribution is -0.153. The zero-order valence-electron chi connectivity index (χ0n) is 48.3. The summed E-state index contributed by atoms with van der Waals surface area (Å²) >= 11 is 0. The second kappa shape index (κ2) is 31.1. The van der Waals surface area contributed by atoms with E-state index in [0.717, 1.165) is 0 Å². The number of allylic oxidation sites excluding steroid dienone is 2. The summed E-state index contributed by atoms with van der Waals surface area (Å²) in [5.74, 6) is -9.43. The van der Waals surface area contributed by atoms with Gasteiger partial charge >= 0.3 is 12.1 Å². The van der Waals surface area contributed by atoms with Gasteiger partial charge in [0, 0.05) is 13.1 Å². The molecule has 0 aromatic carbocycles. The van der Waals surface area contributed by atoms with Crippen molar-refractivity contribution in [3.05, 3.63) is 12.2 Å². The van der Waals surface area contributed by atoms with Crippen molar-refractivity contribution in [3.8, 4) is 0 Å². The Morgan fingerprint density at radius 3 is 1.78 bits per heavy atom. The fraction of sp³-hybridized carbons (Fsp3) is 0.755. The lowest BCUT2D eigenvalue weighted by Gasteiger charge is -2.42. The smallest absolute Gasteiger partial charge is 0.408 e. The van der Waals surface area contributed by atoms with Crippen molar-refractivity contribution in [3.63, 3.8) is 0 Å². The highest BCUT2D eigenvalue weighted by Crippen LogP contribution is 2.22. The number of likely N-dealkylation sites (N-methyl/N-ethyl adjacent to an activating group) is 1. The Kier molecular flexibility index (Phi) is 27.7. The molecule has 432 valence electrons. The number of amides is 10. The van der Waals surface area contributed by atoms with Gasteiger partial charge < -0.3 is 62.2 Å². The molecule has 11 atom stereocenters. The fourth-order valence-electron chi connectivity index (χ4n) is 8.62. The molecule has 0 aromatic rings. The van der Waals surface area contributed by atoms with Crippen molar-refractivity contribution in [2.45, 2.75) is 216 Å². The number of nitrogens with one attached hydrogen (secondary N) is 8. The van der Waals surface area contributed by atoms with E-state index in [1.54, 1.807) is 88.3 Å². The van der Waals surface area contributed by atoms with Crippen LogP contribution in [0.1, 0.15) is 150 Å². The zero-order chi connectivity index (χ0) is 58.7. The molecule has 0 aliphatic carbocycles. The van der Waals surface area contributed by atoms with Gasteiger partial charge in [-0.2, -0.15) is 0 Å². The highest BCUT2D eigenvalue weighted by Gasteiger charge is 2.43. The lowest BCUT2D eigenvalue weighted by atomic mass is 9.94. The largest absolute Gasteiger partial charge is 0.480 e. The van der Waals surface area contributed by atoms with Gasteiger partial charge in [-0.15, -0.1) is 0 Å². The average Bonchev–Trinajstić information content (AvgIpc) is 3.30. The molecule has 11 unspecified atom stereocenters. The first-order chi connectivity index (χ1) is 35.1. The molecule has 1 saturated heterocycles. The molecule has 1 aliphatic rings. The maximum atomic E-state index is 14.8. The van der Waals surface area contributed by atoms with E-state index in [9.17, 15) is 52.7 Å². The van der Waals surface area contributed by atoms with Gasteiger partial charge in [-0.3, -0.25) is 47.9 Å². The minimum Gasteiger partial charge on any atom is -0.480 e. The Balaban J connectivity index is 3.71. The van der Waals surface area contributed by atoms with Crippen molar-refractivity contribution in [2.75, 3.05) is 13.6 Å². The molecular formula is C53H92N10O13. The SMILES string of the molecule is CC=CCC(C)C(NC(=O)C(NC(=O)C1CC(C)N(C(=O)C(C)NC(=O)C(CC(C)C)NC(=O)C(NC(=O)OC(C)(C)C)C(C)C)C(C)C(=O)N(C)C(CC(C)C)C(=O)N1)C(C)C)C(=O)NC(CC)C(=O)NCC(=O)O. The Bertz CT molecular complexity index is 2070. The summed E-state index contributed by atoms with van der Waals surface area (Å²) in [6.07, 6.45) is 3.22. The highest BCUT2D eigenvalue weighted by atomic mass is 16.6. The lowest BCUT2D eigenvalue weighted by Crippen LogP contribution is -2.65. The van der Waals surface area contributed by atoms with Crippen LogP contribution < -0.4 is 42.5 Å². The highest BCUT2D eigenvalue weighted by molar-refractivity contribution is 5.99. The number of hydrogen-bond donors (Lipinski definition) is 9. The van der Waals surface area contributed by atoms with E-state index in [0.29, 0.717) is 6.42 Å². The Morgan fingerprint density at radius 1 is 0.737 bits per heavy atom. The third-order valence-electron chi connectivity index (χ3n) is 12.8. The second-order valence-corrected chi connectivity index (χ2v) is 22.5. The molecule has 0 radical (unpaired) electrons. The van der Waals surface area contributed by atoms with E-state index in [4.69, 9.17) is 9.84 Å². The van der Waals surface area contributed by atoms with E-state index >= 15 is 0 Å². The van der Waals surface area contributed by atoms with Crippen LogP contribution in [0, 0.1) is 29.6 Å². The number of hydrogen-bond acceptors (Lipinski definition) is 12. The molecule has 23 heteroatoms. The molecule has 1 heterocycles. The third-order valence-corrected chi connectivity index (χ3v) is 12.8. The minimum absolute atomic E-state index is 0.101. The summed E-state index contributed by atoms with van der Waals surface area (Å²) in [4.78, 5) is 153. The Morgan fingerprint density at radius 2 is 1.28 bits per heavy atom. The topological polar surface area (TPSA) is 320 Å². The predicted octanol–water partition coefficient (Wildman–Crippen LogP) is 2.26. The van der Waals surface area contributed by atoms with Crippen LogP contribution in [0.2, 0.25) is 0 Å². The number of carboxylic acids is 1. The van der Waals surface area contributed by atoms with Crippen LogP contribution in [0.4, 0.5) is 4.79 Å². The number of ether oxygens (including phenoxy) is 1. The van der Waals surface area contributed by atoms with E-state index in [1.807, 2.05) is 27.7 Å². The number of nitrogens with zero attached hydrogens (tertiary/aromatic N) is 2. The van der Waals surface area contributed by atoms with Gasteiger partial charge in [0.1, 0.15) is 66.5 Å². The summed E-state index contributed by atoms with van der Waals surface area (Å²) in [5, 5.41) is 30.2. The monoisotopic (exact) mass is 1080 g/mol. The summed E-state index contributed by atoms with van der Waals surface area (Å²) in [5.41, 5.74) is -0.841. The number of carbonyl (C=O) groups is 11. The Hall–Kier alpha value is -6.29. The van der Waals surface area contributed by atoms with Crippen molar-refractivity contribution in [1.82, 2.24) is 52.3 Å².